The first-order valence-corrected chi connectivity index (χ1v) is 7.37. The van der Waals surface area contributed by atoms with Gasteiger partial charge in [-0.3, -0.25) is 4.79 Å². The van der Waals surface area contributed by atoms with Crippen molar-refractivity contribution in [3.63, 3.8) is 0 Å². The summed E-state index contributed by atoms with van der Waals surface area (Å²) < 4.78 is 5.78. The van der Waals surface area contributed by atoms with E-state index < -0.39 is 0 Å². The topological polar surface area (TPSA) is 26.3 Å². The molecule has 0 atom stereocenters. The van der Waals surface area contributed by atoms with Gasteiger partial charge in [0.2, 0.25) is 0 Å². The Morgan fingerprint density at radius 2 is 1.81 bits per heavy atom. The zero-order valence-electron chi connectivity index (χ0n) is 12.9. The van der Waals surface area contributed by atoms with Crippen molar-refractivity contribution in [1.82, 2.24) is 0 Å². The van der Waals surface area contributed by atoms with Crippen molar-refractivity contribution in [3.05, 3.63) is 65.2 Å². The van der Waals surface area contributed by atoms with E-state index in [0.29, 0.717) is 18.9 Å². The summed E-state index contributed by atoms with van der Waals surface area (Å²) in [6.45, 7) is 6.62. The van der Waals surface area contributed by atoms with Gasteiger partial charge in [0.1, 0.15) is 12.4 Å². The normalized spacial score (nSPS) is 10.7. The largest absolute Gasteiger partial charge is 0.489 e. The van der Waals surface area contributed by atoms with E-state index in [2.05, 4.69) is 13.8 Å². The highest BCUT2D eigenvalue weighted by Gasteiger charge is 2.11. The molecular weight excluding hydrogens is 260 g/mol. The molecule has 2 aromatic rings. The Balaban J connectivity index is 2.03. The van der Waals surface area contributed by atoms with Crippen molar-refractivity contribution in [2.24, 2.45) is 5.92 Å². The van der Waals surface area contributed by atoms with Crippen LogP contribution in [0.5, 0.6) is 5.75 Å². The van der Waals surface area contributed by atoms with Crippen LogP contribution in [0.3, 0.4) is 0 Å². The van der Waals surface area contributed by atoms with Crippen LogP contribution in [0.15, 0.2) is 48.5 Å². The van der Waals surface area contributed by atoms with Gasteiger partial charge in [0.15, 0.2) is 5.78 Å². The van der Waals surface area contributed by atoms with E-state index in [4.69, 9.17) is 4.74 Å². The summed E-state index contributed by atoms with van der Waals surface area (Å²) in [7, 11) is 0. The number of aryl methyl sites for hydroxylation is 1. The number of carbonyl (C=O) groups is 1. The van der Waals surface area contributed by atoms with Crippen molar-refractivity contribution < 1.29 is 9.53 Å². The SMILES string of the molecule is Cc1cc(OCc2ccccc2)ccc1C(=O)CC(C)C. The molecule has 0 bridgehead atoms. The van der Waals surface area contributed by atoms with Crippen molar-refractivity contribution in [3.8, 4) is 5.75 Å². The van der Waals surface area contributed by atoms with Crippen LogP contribution in [0.1, 0.15) is 41.8 Å². The second-order valence-electron chi connectivity index (χ2n) is 5.77. The van der Waals surface area contributed by atoms with Crippen LogP contribution in [-0.4, -0.2) is 5.78 Å². The Hall–Kier alpha value is -2.09. The predicted octanol–water partition coefficient (Wildman–Crippen LogP) is 4.80. The molecule has 0 radical (unpaired) electrons. The molecule has 0 aliphatic carbocycles. The summed E-state index contributed by atoms with van der Waals surface area (Å²) in [4.78, 5) is 12.1. The number of benzene rings is 2. The van der Waals surface area contributed by atoms with E-state index in [0.717, 1.165) is 22.4 Å². The van der Waals surface area contributed by atoms with Crippen LogP contribution in [0.25, 0.3) is 0 Å². The fourth-order valence-electron chi connectivity index (χ4n) is 2.26. The zero-order chi connectivity index (χ0) is 15.2. The van der Waals surface area contributed by atoms with Crippen molar-refractivity contribution in [2.45, 2.75) is 33.8 Å². The molecule has 0 saturated heterocycles. The summed E-state index contributed by atoms with van der Waals surface area (Å²) in [5.74, 6) is 1.39. The van der Waals surface area contributed by atoms with Crippen LogP contribution >= 0.6 is 0 Å². The Labute approximate surface area is 126 Å². The van der Waals surface area contributed by atoms with Gasteiger partial charge in [-0.1, -0.05) is 44.2 Å². The Morgan fingerprint density at radius 1 is 1.10 bits per heavy atom. The van der Waals surface area contributed by atoms with Crippen molar-refractivity contribution in [1.29, 1.82) is 0 Å². The van der Waals surface area contributed by atoms with Gasteiger partial charge in [-0.25, -0.2) is 0 Å². The minimum atomic E-state index is 0.206. The fraction of sp³-hybridized carbons (Fsp3) is 0.316. The molecule has 0 heterocycles. The van der Waals surface area contributed by atoms with Crippen LogP contribution in [0, 0.1) is 12.8 Å². The van der Waals surface area contributed by atoms with Crippen molar-refractivity contribution >= 4 is 5.78 Å². The maximum Gasteiger partial charge on any atom is 0.163 e. The van der Waals surface area contributed by atoms with E-state index in [1.807, 2.05) is 55.5 Å². The minimum Gasteiger partial charge on any atom is -0.489 e. The standard InChI is InChI=1S/C19H22O2/c1-14(2)11-19(20)18-10-9-17(12-15(18)3)21-13-16-7-5-4-6-8-16/h4-10,12,14H,11,13H2,1-3H3. The monoisotopic (exact) mass is 282 g/mol. The molecule has 2 heteroatoms. The summed E-state index contributed by atoms with van der Waals surface area (Å²) in [6, 6.07) is 15.7. The number of ketones is 1. The van der Waals surface area contributed by atoms with Gasteiger partial charge in [0.25, 0.3) is 0 Å². The Kier molecular flexibility index (Phi) is 5.15. The van der Waals surface area contributed by atoms with E-state index in [9.17, 15) is 4.79 Å². The van der Waals surface area contributed by atoms with Gasteiger partial charge < -0.3 is 4.74 Å². The summed E-state index contributed by atoms with van der Waals surface area (Å²) >= 11 is 0. The average molecular weight is 282 g/mol. The fourth-order valence-corrected chi connectivity index (χ4v) is 2.26. The van der Waals surface area contributed by atoms with Crippen LogP contribution < -0.4 is 4.74 Å². The minimum absolute atomic E-state index is 0.206. The Bertz CT molecular complexity index is 600. The molecule has 0 aliphatic rings. The quantitative estimate of drug-likeness (QED) is 0.711. The van der Waals surface area contributed by atoms with Gasteiger partial charge >= 0.3 is 0 Å². The second kappa shape index (κ2) is 7.07. The lowest BCUT2D eigenvalue weighted by atomic mass is 9.98. The first-order chi connectivity index (χ1) is 10.1. The maximum absolute atomic E-state index is 12.1. The lowest BCUT2D eigenvalue weighted by Crippen LogP contribution is -2.06. The molecule has 0 saturated carbocycles. The maximum atomic E-state index is 12.1. The first kappa shape index (κ1) is 15.3. The molecule has 0 spiro atoms. The molecule has 0 aliphatic heterocycles. The van der Waals surface area contributed by atoms with E-state index >= 15 is 0 Å². The summed E-state index contributed by atoms with van der Waals surface area (Å²) in [6.07, 6.45) is 0.588. The molecule has 110 valence electrons. The van der Waals surface area contributed by atoms with Gasteiger partial charge in [-0.15, -0.1) is 0 Å². The van der Waals surface area contributed by atoms with E-state index in [-0.39, 0.29) is 5.78 Å². The lowest BCUT2D eigenvalue weighted by molar-refractivity contribution is 0.0967. The molecule has 0 N–H and O–H groups in total. The molecule has 0 amide bonds. The molecule has 2 aromatic carbocycles. The third kappa shape index (κ3) is 4.45. The van der Waals surface area contributed by atoms with Gasteiger partial charge in [-0.05, 0) is 42.2 Å². The predicted molar refractivity (Wildman–Crippen MR) is 85.7 cm³/mol. The highest BCUT2D eigenvalue weighted by atomic mass is 16.5. The smallest absolute Gasteiger partial charge is 0.163 e. The highest BCUT2D eigenvalue weighted by Crippen LogP contribution is 2.20. The first-order valence-electron chi connectivity index (χ1n) is 7.37. The molecule has 21 heavy (non-hydrogen) atoms. The zero-order valence-corrected chi connectivity index (χ0v) is 12.9. The summed E-state index contributed by atoms with van der Waals surface area (Å²) in [5.41, 5.74) is 2.91. The third-order valence-electron chi connectivity index (χ3n) is 3.34. The van der Waals surface area contributed by atoms with Crippen molar-refractivity contribution in [2.75, 3.05) is 0 Å². The number of Topliss-reactive ketones (excluding diaryl/α,β-unsaturated/α-hetero) is 1. The lowest BCUT2D eigenvalue weighted by Gasteiger charge is -2.11. The van der Waals surface area contributed by atoms with E-state index in [1.165, 1.54) is 0 Å². The van der Waals surface area contributed by atoms with Gasteiger partial charge in [0, 0.05) is 12.0 Å². The van der Waals surface area contributed by atoms with Gasteiger partial charge in [0.05, 0.1) is 0 Å². The number of hydrogen-bond acceptors (Lipinski definition) is 2. The molecule has 2 rings (SSSR count). The molecule has 0 unspecified atom stereocenters. The highest BCUT2D eigenvalue weighted by molar-refractivity contribution is 5.97. The molecule has 0 fully saturated rings. The number of carbonyl (C=O) groups excluding carboxylic acids is 1. The second-order valence-corrected chi connectivity index (χ2v) is 5.77. The van der Waals surface area contributed by atoms with E-state index in [1.54, 1.807) is 0 Å². The van der Waals surface area contributed by atoms with Crippen LogP contribution in [0.4, 0.5) is 0 Å². The molecule has 2 nitrogen and oxygen atoms in total. The van der Waals surface area contributed by atoms with Gasteiger partial charge in [-0.2, -0.15) is 0 Å². The number of rotatable bonds is 6. The Morgan fingerprint density at radius 3 is 2.43 bits per heavy atom. The third-order valence-corrected chi connectivity index (χ3v) is 3.34. The molecular formula is C19H22O2. The average Bonchev–Trinajstić information content (AvgIpc) is 2.45. The number of ether oxygens (including phenoxy) is 1. The van der Waals surface area contributed by atoms with Crippen LogP contribution in [-0.2, 0) is 6.61 Å². The summed E-state index contributed by atoms with van der Waals surface area (Å²) in [5, 5.41) is 0. The van der Waals surface area contributed by atoms with Crippen LogP contribution in [0.2, 0.25) is 0 Å². The molecule has 0 aromatic heterocycles. The number of hydrogen-bond donors (Lipinski definition) is 0.